The Balaban J connectivity index is 2.79. The summed E-state index contributed by atoms with van der Waals surface area (Å²) in [5, 5.41) is 6.49. The van der Waals surface area contributed by atoms with Gasteiger partial charge in [0.15, 0.2) is 0 Å². The first-order valence-electron chi connectivity index (χ1n) is 4.89. The number of amides is 1. The number of primary amides is 1. The molecule has 13 heavy (non-hydrogen) atoms. The summed E-state index contributed by atoms with van der Waals surface area (Å²) in [6.45, 7) is 6.56. The summed E-state index contributed by atoms with van der Waals surface area (Å²) in [4.78, 5) is 11.4. The van der Waals surface area contributed by atoms with Gasteiger partial charge in [0.25, 0.3) is 0 Å². The Morgan fingerprint density at radius 1 is 1.77 bits per heavy atom. The third-order valence-electron chi connectivity index (χ3n) is 2.92. The van der Waals surface area contributed by atoms with Crippen LogP contribution in [0.25, 0.3) is 0 Å². The van der Waals surface area contributed by atoms with Crippen molar-refractivity contribution in [2.24, 2.45) is 11.7 Å². The number of carbonyl (C=O) groups is 1. The Hall–Kier alpha value is -0.610. The lowest BCUT2D eigenvalue weighted by Crippen LogP contribution is -2.64. The maximum atomic E-state index is 11.4. The molecule has 0 spiro atoms. The predicted octanol–water partition coefficient (Wildman–Crippen LogP) is -0.551. The highest BCUT2D eigenvalue weighted by Crippen LogP contribution is 2.23. The molecule has 0 aromatic carbocycles. The zero-order chi connectivity index (χ0) is 9.90. The van der Waals surface area contributed by atoms with Gasteiger partial charge in [-0.1, -0.05) is 13.8 Å². The molecular formula is C9H19N3O. The maximum absolute atomic E-state index is 11.4. The van der Waals surface area contributed by atoms with Crippen LogP contribution in [0.2, 0.25) is 0 Å². The van der Waals surface area contributed by atoms with Crippen LogP contribution < -0.4 is 16.4 Å². The highest BCUT2D eigenvalue weighted by molar-refractivity contribution is 5.85. The van der Waals surface area contributed by atoms with E-state index in [2.05, 4.69) is 17.6 Å². The molecule has 0 radical (unpaired) electrons. The number of carbonyl (C=O) groups excluding carboxylic acids is 1. The smallest absolute Gasteiger partial charge is 0.238 e. The van der Waals surface area contributed by atoms with Crippen molar-refractivity contribution in [3.05, 3.63) is 0 Å². The summed E-state index contributed by atoms with van der Waals surface area (Å²) in [6, 6.07) is 0. The van der Waals surface area contributed by atoms with Crippen LogP contribution in [0, 0.1) is 5.92 Å². The Labute approximate surface area is 79.3 Å². The third kappa shape index (κ3) is 1.84. The van der Waals surface area contributed by atoms with Crippen LogP contribution >= 0.6 is 0 Å². The van der Waals surface area contributed by atoms with E-state index in [9.17, 15) is 4.79 Å². The fourth-order valence-electron chi connectivity index (χ4n) is 2.06. The van der Waals surface area contributed by atoms with Gasteiger partial charge in [-0.05, 0) is 32.0 Å². The molecule has 4 nitrogen and oxygen atoms in total. The largest absolute Gasteiger partial charge is 0.368 e. The van der Waals surface area contributed by atoms with Crippen molar-refractivity contribution in [2.45, 2.75) is 25.8 Å². The first-order chi connectivity index (χ1) is 6.13. The fourth-order valence-corrected chi connectivity index (χ4v) is 2.06. The molecule has 0 aromatic heterocycles. The molecule has 0 aliphatic carbocycles. The molecule has 1 aliphatic heterocycles. The van der Waals surface area contributed by atoms with E-state index in [-0.39, 0.29) is 11.8 Å². The molecule has 2 unspecified atom stereocenters. The molecule has 1 rings (SSSR count). The van der Waals surface area contributed by atoms with E-state index in [0.29, 0.717) is 0 Å². The highest BCUT2D eigenvalue weighted by atomic mass is 16.1. The van der Waals surface area contributed by atoms with Crippen molar-refractivity contribution < 1.29 is 4.79 Å². The van der Waals surface area contributed by atoms with E-state index in [1.807, 2.05) is 6.92 Å². The van der Waals surface area contributed by atoms with Crippen molar-refractivity contribution in [3.63, 3.8) is 0 Å². The van der Waals surface area contributed by atoms with Gasteiger partial charge < -0.3 is 16.4 Å². The standard InChI is InChI=1S/C9H19N3O/c1-3-12-9(8(10)13)4-5-11-6-7(9)2/h7,11-12H,3-6H2,1-2H3,(H2,10,13). The van der Waals surface area contributed by atoms with Gasteiger partial charge >= 0.3 is 0 Å². The van der Waals surface area contributed by atoms with E-state index >= 15 is 0 Å². The molecule has 0 aromatic rings. The molecule has 1 aliphatic rings. The van der Waals surface area contributed by atoms with Crippen molar-refractivity contribution in [2.75, 3.05) is 19.6 Å². The number of likely N-dealkylation sites (N-methyl/N-ethyl adjacent to an activating group) is 1. The minimum Gasteiger partial charge on any atom is -0.368 e. The van der Waals surface area contributed by atoms with E-state index in [1.54, 1.807) is 0 Å². The lowest BCUT2D eigenvalue weighted by Gasteiger charge is -2.40. The zero-order valence-corrected chi connectivity index (χ0v) is 8.39. The second-order valence-corrected chi connectivity index (χ2v) is 3.72. The Morgan fingerprint density at radius 3 is 2.92 bits per heavy atom. The molecule has 1 amide bonds. The molecule has 1 fully saturated rings. The van der Waals surface area contributed by atoms with Crippen LogP contribution in [0.15, 0.2) is 0 Å². The van der Waals surface area contributed by atoms with E-state index in [1.165, 1.54) is 0 Å². The average molecular weight is 185 g/mol. The first-order valence-corrected chi connectivity index (χ1v) is 4.89. The normalized spacial score (nSPS) is 34.5. The Bertz CT molecular complexity index is 191. The number of hydrogen-bond acceptors (Lipinski definition) is 3. The Morgan fingerprint density at radius 2 is 2.46 bits per heavy atom. The summed E-state index contributed by atoms with van der Waals surface area (Å²) in [5.74, 6) is 0.0436. The van der Waals surface area contributed by atoms with E-state index < -0.39 is 5.54 Å². The lowest BCUT2D eigenvalue weighted by atomic mass is 9.79. The number of piperidine rings is 1. The molecule has 1 heterocycles. The lowest BCUT2D eigenvalue weighted by molar-refractivity contribution is -0.127. The molecule has 0 saturated carbocycles. The molecule has 4 N–H and O–H groups in total. The van der Waals surface area contributed by atoms with E-state index in [4.69, 9.17) is 5.73 Å². The predicted molar refractivity (Wildman–Crippen MR) is 52.3 cm³/mol. The molecule has 1 saturated heterocycles. The van der Waals surface area contributed by atoms with Gasteiger partial charge in [-0.2, -0.15) is 0 Å². The SMILES string of the molecule is CCNC1(C(N)=O)CCNCC1C. The zero-order valence-electron chi connectivity index (χ0n) is 8.39. The second kappa shape index (κ2) is 4.07. The topological polar surface area (TPSA) is 67.1 Å². The summed E-state index contributed by atoms with van der Waals surface area (Å²) in [5.41, 5.74) is 4.96. The van der Waals surface area contributed by atoms with Gasteiger partial charge in [-0.25, -0.2) is 0 Å². The first kappa shape index (κ1) is 10.5. The Kier molecular flexibility index (Phi) is 3.27. The third-order valence-corrected chi connectivity index (χ3v) is 2.92. The van der Waals surface area contributed by atoms with Crippen LogP contribution in [0.1, 0.15) is 20.3 Å². The molecular weight excluding hydrogens is 166 g/mol. The van der Waals surface area contributed by atoms with Gasteiger partial charge in [0.2, 0.25) is 5.91 Å². The molecule has 76 valence electrons. The van der Waals surface area contributed by atoms with Crippen molar-refractivity contribution >= 4 is 5.91 Å². The molecule has 4 heteroatoms. The number of nitrogens with one attached hydrogen (secondary N) is 2. The van der Waals surface area contributed by atoms with Gasteiger partial charge in [0, 0.05) is 0 Å². The molecule has 2 atom stereocenters. The summed E-state index contributed by atoms with van der Waals surface area (Å²) < 4.78 is 0. The summed E-state index contributed by atoms with van der Waals surface area (Å²) >= 11 is 0. The monoisotopic (exact) mass is 185 g/mol. The summed E-state index contributed by atoms with van der Waals surface area (Å²) in [7, 11) is 0. The van der Waals surface area contributed by atoms with Gasteiger partial charge in [0.05, 0.1) is 0 Å². The van der Waals surface area contributed by atoms with Crippen LogP contribution in [0.5, 0.6) is 0 Å². The van der Waals surface area contributed by atoms with Crippen LogP contribution in [-0.2, 0) is 4.79 Å². The fraction of sp³-hybridized carbons (Fsp3) is 0.889. The number of rotatable bonds is 3. The quantitative estimate of drug-likeness (QED) is 0.552. The van der Waals surface area contributed by atoms with Gasteiger partial charge in [0.1, 0.15) is 5.54 Å². The second-order valence-electron chi connectivity index (χ2n) is 3.72. The number of hydrogen-bond donors (Lipinski definition) is 3. The minimum atomic E-state index is -0.486. The van der Waals surface area contributed by atoms with Crippen LogP contribution in [0.4, 0.5) is 0 Å². The minimum absolute atomic E-state index is 0.219. The number of nitrogens with two attached hydrogens (primary N) is 1. The van der Waals surface area contributed by atoms with Crippen molar-refractivity contribution in [1.29, 1.82) is 0 Å². The van der Waals surface area contributed by atoms with Crippen molar-refractivity contribution in [1.82, 2.24) is 10.6 Å². The van der Waals surface area contributed by atoms with Crippen LogP contribution in [-0.4, -0.2) is 31.1 Å². The van der Waals surface area contributed by atoms with E-state index in [0.717, 1.165) is 26.1 Å². The highest BCUT2D eigenvalue weighted by Gasteiger charge is 2.42. The average Bonchev–Trinajstić information content (AvgIpc) is 2.09. The van der Waals surface area contributed by atoms with Gasteiger partial charge in [-0.15, -0.1) is 0 Å². The molecule has 0 bridgehead atoms. The van der Waals surface area contributed by atoms with Gasteiger partial charge in [-0.3, -0.25) is 4.79 Å². The maximum Gasteiger partial charge on any atom is 0.238 e. The van der Waals surface area contributed by atoms with Crippen molar-refractivity contribution in [3.8, 4) is 0 Å². The summed E-state index contributed by atoms with van der Waals surface area (Å²) in [6.07, 6.45) is 0.789. The van der Waals surface area contributed by atoms with Crippen LogP contribution in [0.3, 0.4) is 0 Å².